The first kappa shape index (κ1) is 15.5. The number of benzene rings is 2. The molecule has 3 rings (SSSR count). The van der Waals surface area contributed by atoms with Crippen LogP contribution in [0.4, 0.5) is 0 Å². The molecule has 0 aliphatic heterocycles. The summed E-state index contributed by atoms with van der Waals surface area (Å²) in [5.74, 6) is 0.790. The Bertz CT molecular complexity index is 600. The first-order valence-corrected chi connectivity index (χ1v) is 8.59. The smallest absolute Gasteiger partial charge is 0.0214 e. The van der Waals surface area contributed by atoms with E-state index in [0.29, 0.717) is 6.04 Å². The average Bonchev–Trinajstić information content (AvgIpc) is 2.53. The molecule has 0 spiro atoms. The molecular formula is C20H28N2. The lowest BCUT2D eigenvalue weighted by molar-refractivity contribution is 0.206. The Hall–Kier alpha value is -1.38. The summed E-state index contributed by atoms with van der Waals surface area (Å²) in [6, 6.07) is 16.0. The molecular weight excluding hydrogens is 268 g/mol. The third-order valence-corrected chi connectivity index (χ3v) is 4.94. The van der Waals surface area contributed by atoms with Gasteiger partial charge in [-0.3, -0.25) is 0 Å². The van der Waals surface area contributed by atoms with Gasteiger partial charge in [0, 0.05) is 19.1 Å². The van der Waals surface area contributed by atoms with Gasteiger partial charge in [-0.2, -0.15) is 0 Å². The number of nitrogens with zero attached hydrogens (tertiary/aromatic N) is 1. The second-order valence-electron chi connectivity index (χ2n) is 6.93. The molecule has 1 saturated carbocycles. The highest BCUT2D eigenvalue weighted by Gasteiger charge is 2.25. The van der Waals surface area contributed by atoms with E-state index >= 15 is 0 Å². The second kappa shape index (κ2) is 7.26. The van der Waals surface area contributed by atoms with Crippen LogP contribution >= 0.6 is 0 Å². The molecule has 0 heterocycles. The van der Waals surface area contributed by atoms with E-state index in [4.69, 9.17) is 0 Å². The number of hydrogen-bond acceptors (Lipinski definition) is 2. The normalized spacial score (nSPS) is 22.3. The predicted molar refractivity (Wildman–Crippen MR) is 95.1 cm³/mol. The van der Waals surface area contributed by atoms with Gasteiger partial charge >= 0.3 is 0 Å². The third kappa shape index (κ3) is 3.68. The zero-order chi connectivity index (χ0) is 15.4. The molecule has 22 heavy (non-hydrogen) atoms. The first-order chi connectivity index (χ1) is 10.7. The SMILES string of the molecule is CN(C)C[C@@H]1CCCC[C@@H]1NCc1cccc2ccccc12. The first-order valence-electron chi connectivity index (χ1n) is 8.59. The van der Waals surface area contributed by atoms with Crippen molar-refractivity contribution < 1.29 is 0 Å². The Morgan fingerprint density at radius 2 is 1.77 bits per heavy atom. The van der Waals surface area contributed by atoms with E-state index in [2.05, 4.69) is 66.8 Å². The van der Waals surface area contributed by atoms with Gasteiger partial charge in [0.25, 0.3) is 0 Å². The van der Waals surface area contributed by atoms with Crippen molar-refractivity contribution in [3.8, 4) is 0 Å². The molecule has 1 aliphatic rings. The van der Waals surface area contributed by atoms with Gasteiger partial charge in [0.2, 0.25) is 0 Å². The monoisotopic (exact) mass is 296 g/mol. The Kier molecular flexibility index (Phi) is 5.12. The maximum absolute atomic E-state index is 3.86. The molecule has 0 radical (unpaired) electrons. The highest BCUT2D eigenvalue weighted by atomic mass is 15.1. The minimum absolute atomic E-state index is 0.662. The number of hydrogen-bond donors (Lipinski definition) is 1. The van der Waals surface area contributed by atoms with Gasteiger partial charge in [0.05, 0.1) is 0 Å². The summed E-state index contributed by atoms with van der Waals surface area (Å²) >= 11 is 0. The summed E-state index contributed by atoms with van der Waals surface area (Å²) < 4.78 is 0. The molecule has 0 unspecified atom stereocenters. The molecule has 2 heteroatoms. The van der Waals surface area contributed by atoms with E-state index in [1.807, 2.05) is 0 Å². The molecule has 0 amide bonds. The lowest BCUT2D eigenvalue weighted by atomic mass is 9.84. The van der Waals surface area contributed by atoms with Crippen molar-refractivity contribution in [2.75, 3.05) is 20.6 Å². The largest absolute Gasteiger partial charge is 0.310 e. The van der Waals surface area contributed by atoms with Gasteiger partial charge in [-0.25, -0.2) is 0 Å². The predicted octanol–water partition coefficient (Wildman–Crippen LogP) is 4.05. The van der Waals surface area contributed by atoms with Crippen LogP contribution < -0.4 is 5.32 Å². The van der Waals surface area contributed by atoms with Crippen molar-refractivity contribution in [1.82, 2.24) is 10.2 Å². The molecule has 2 nitrogen and oxygen atoms in total. The molecule has 2 aromatic rings. The van der Waals surface area contributed by atoms with Crippen LogP contribution in [0.2, 0.25) is 0 Å². The minimum Gasteiger partial charge on any atom is -0.310 e. The van der Waals surface area contributed by atoms with Crippen LogP contribution in [-0.2, 0) is 6.54 Å². The van der Waals surface area contributed by atoms with Gasteiger partial charge in [-0.05, 0) is 49.2 Å². The van der Waals surface area contributed by atoms with Crippen molar-refractivity contribution in [3.05, 3.63) is 48.0 Å². The van der Waals surface area contributed by atoms with Crippen LogP contribution in [0.3, 0.4) is 0 Å². The van der Waals surface area contributed by atoms with Gasteiger partial charge in [0.1, 0.15) is 0 Å². The number of fused-ring (bicyclic) bond motifs is 1. The van der Waals surface area contributed by atoms with E-state index in [1.54, 1.807) is 0 Å². The van der Waals surface area contributed by atoms with Gasteiger partial charge in [0.15, 0.2) is 0 Å². The minimum atomic E-state index is 0.662. The molecule has 0 bridgehead atoms. The zero-order valence-electron chi connectivity index (χ0n) is 13.9. The molecule has 0 aromatic heterocycles. The Morgan fingerprint density at radius 1 is 1.00 bits per heavy atom. The summed E-state index contributed by atoms with van der Waals surface area (Å²) in [6.45, 7) is 2.18. The molecule has 2 aromatic carbocycles. The van der Waals surface area contributed by atoms with E-state index in [0.717, 1.165) is 12.5 Å². The summed E-state index contributed by atoms with van der Waals surface area (Å²) in [6.07, 6.45) is 5.46. The Labute approximate surface area is 134 Å². The van der Waals surface area contributed by atoms with Crippen molar-refractivity contribution in [2.24, 2.45) is 5.92 Å². The van der Waals surface area contributed by atoms with Crippen LogP contribution in [0.5, 0.6) is 0 Å². The fraction of sp³-hybridized carbons (Fsp3) is 0.500. The van der Waals surface area contributed by atoms with Crippen molar-refractivity contribution in [2.45, 2.75) is 38.3 Å². The molecule has 118 valence electrons. The zero-order valence-corrected chi connectivity index (χ0v) is 13.9. The lowest BCUT2D eigenvalue weighted by Gasteiger charge is -2.34. The highest BCUT2D eigenvalue weighted by molar-refractivity contribution is 5.85. The highest BCUT2D eigenvalue weighted by Crippen LogP contribution is 2.26. The molecule has 0 saturated heterocycles. The van der Waals surface area contributed by atoms with E-state index in [1.165, 1.54) is 48.6 Å². The Balaban J connectivity index is 1.69. The molecule has 1 N–H and O–H groups in total. The second-order valence-corrected chi connectivity index (χ2v) is 6.93. The van der Waals surface area contributed by atoms with Crippen LogP contribution in [-0.4, -0.2) is 31.6 Å². The van der Waals surface area contributed by atoms with E-state index < -0.39 is 0 Å². The Morgan fingerprint density at radius 3 is 2.64 bits per heavy atom. The van der Waals surface area contributed by atoms with Crippen molar-refractivity contribution >= 4 is 10.8 Å². The van der Waals surface area contributed by atoms with Gasteiger partial charge in [-0.1, -0.05) is 55.3 Å². The molecule has 1 fully saturated rings. The standard InChI is InChI=1S/C20H28N2/c1-22(2)15-18-9-4-6-13-20(18)21-14-17-11-7-10-16-8-3-5-12-19(16)17/h3,5,7-8,10-12,18,20-21H,4,6,9,13-15H2,1-2H3/t18-,20-/m0/s1. The average molecular weight is 296 g/mol. The summed E-state index contributed by atoms with van der Waals surface area (Å²) in [4.78, 5) is 2.34. The summed E-state index contributed by atoms with van der Waals surface area (Å²) in [7, 11) is 4.38. The van der Waals surface area contributed by atoms with E-state index in [9.17, 15) is 0 Å². The fourth-order valence-corrected chi connectivity index (χ4v) is 3.85. The van der Waals surface area contributed by atoms with Crippen LogP contribution in [0.25, 0.3) is 10.8 Å². The summed E-state index contributed by atoms with van der Waals surface area (Å²) in [5.41, 5.74) is 1.42. The van der Waals surface area contributed by atoms with Gasteiger partial charge < -0.3 is 10.2 Å². The maximum atomic E-state index is 3.86. The van der Waals surface area contributed by atoms with E-state index in [-0.39, 0.29) is 0 Å². The fourth-order valence-electron chi connectivity index (χ4n) is 3.85. The molecule has 2 atom stereocenters. The van der Waals surface area contributed by atoms with Crippen molar-refractivity contribution in [1.29, 1.82) is 0 Å². The van der Waals surface area contributed by atoms with Gasteiger partial charge in [-0.15, -0.1) is 0 Å². The quantitative estimate of drug-likeness (QED) is 0.895. The third-order valence-electron chi connectivity index (χ3n) is 4.94. The van der Waals surface area contributed by atoms with Crippen LogP contribution in [0.15, 0.2) is 42.5 Å². The van der Waals surface area contributed by atoms with Crippen LogP contribution in [0, 0.1) is 5.92 Å². The van der Waals surface area contributed by atoms with Crippen molar-refractivity contribution in [3.63, 3.8) is 0 Å². The maximum Gasteiger partial charge on any atom is 0.0214 e. The number of nitrogens with one attached hydrogen (secondary N) is 1. The topological polar surface area (TPSA) is 15.3 Å². The van der Waals surface area contributed by atoms with Crippen LogP contribution in [0.1, 0.15) is 31.2 Å². The summed E-state index contributed by atoms with van der Waals surface area (Å²) in [5, 5.41) is 6.59. The number of rotatable bonds is 5. The lowest BCUT2D eigenvalue weighted by Crippen LogP contribution is -2.42. The molecule has 1 aliphatic carbocycles.